The molecule has 0 saturated heterocycles. The number of aldehydes is 1. The second-order valence-electron chi connectivity index (χ2n) is 2.68. The Morgan fingerprint density at radius 3 is 2.92 bits per heavy atom. The van der Waals surface area contributed by atoms with Crippen molar-refractivity contribution in [1.29, 1.82) is 0 Å². The second kappa shape index (κ2) is 2.94. The number of carbonyl (C=O) groups is 1. The lowest BCUT2D eigenvalue weighted by Gasteiger charge is -2.00. The molecule has 0 fully saturated rings. The van der Waals surface area contributed by atoms with Crippen molar-refractivity contribution in [3.05, 3.63) is 42.0 Å². The fourth-order valence-electron chi connectivity index (χ4n) is 1.29. The van der Waals surface area contributed by atoms with Crippen molar-refractivity contribution in [3.8, 4) is 0 Å². The van der Waals surface area contributed by atoms with E-state index in [1.165, 1.54) is 12.3 Å². The predicted octanol–water partition coefficient (Wildman–Crippen LogP) is 2.19. The van der Waals surface area contributed by atoms with Crippen molar-refractivity contribution in [3.63, 3.8) is 0 Å². The van der Waals surface area contributed by atoms with Crippen LogP contribution in [0.25, 0.3) is 10.8 Å². The third-order valence-corrected chi connectivity index (χ3v) is 1.93. The minimum Gasteiger partial charge on any atom is -0.298 e. The molecule has 0 bridgehead atoms. The molecule has 2 aromatic rings. The lowest BCUT2D eigenvalue weighted by Crippen LogP contribution is -1.89. The first-order valence-electron chi connectivity index (χ1n) is 3.80. The van der Waals surface area contributed by atoms with E-state index in [0.717, 1.165) is 5.39 Å². The summed E-state index contributed by atoms with van der Waals surface area (Å²) in [4.78, 5) is 14.5. The summed E-state index contributed by atoms with van der Waals surface area (Å²) in [5.41, 5.74) is 0.0971. The van der Waals surface area contributed by atoms with E-state index in [0.29, 0.717) is 11.7 Å². The van der Waals surface area contributed by atoms with Crippen LogP contribution in [0.3, 0.4) is 0 Å². The van der Waals surface area contributed by atoms with Gasteiger partial charge in [0, 0.05) is 17.8 Å². The van der Waals surface area contributed by atoms with Crippen LogP contribution in [0.2, 0.25) is 0 Å². The van der Waals surface area contributed by atoms with Gasteiger partial charge in [-0.25, -0.2) is 4.39 Å². The number of nitrogens with zero attached hydrogens (tertiary/aromatic N) is 1. The summed E-state index contributed by atoms with van der Waals surface area (Å²) < 4.78 is 13.1. The molecule has 0 saturated carbocycles. The van der Waals surface area contributed by atoms with Gasteiger partial charge < -0.3 is 0 Å². The minimum atomic E-state index is -0.492. The number of hydrogen-bond acceptors (Lipinski definition) is 2. The highest BCUT2D eigenvalue weighted by molar-refractivity contribution is 5.97. The first-order valence-corrected chi connectivity index (χ1v) is 3.80. The van der Waals surface area contributed by atoms with Crippen LogP contribution in [-0.2, 0) is 0 Å². The molecule has 2 nitrogen and oxygen atoms in total. The molecular weight excluding hydrogens is 169 g/mol. The molecule has 0 spiro atoms. The highest BCUT2D eigenvalue weighted by Gasteiger charge is 2.05. The highest BCUT2D eigenvalue weighted by Crippen LogP contribution is 2.18. The number of aromatic nitrogens is 1. The maximum atomic E-state index is 13.1. The maximum Gasteiger partial charge on any atom is 0.153 e. The summed E-state index contributed by atoms with van der Waals surface area (Å²) in [6, 6.07) is 4.50. The first-order chi connectivity index (χ1) is 6.33. The summed E-state index contributed by atoms with van der Waals surface area (Å²) in [5.74, 6) is -0.492. The summed E-state index contributed by atoms with van der Waals surface area (Å²) in [5, 5.41) is 1.37. The van der Waals surface area contributed by atoms with Gasteiger partial charge in [0.25, 0.3) is 0 Å². The molecule has 0 radical (unpaired) electrons. The van der Waals surface area contributed by atoms with Crippen molar-refractivity contribution in [2.75, 3.05) is 0 Å². The van der Waals surface area contributed by atoms with Crippen molar-refractivity contribution >= 4 is 17.1 Å². The Morgan fingerprint density at radius 2 is 2.15 bits per heavy atom. The molecule has 0 aliphatic rings. The molecule has 1 aromatic heterocycles. The van der Waals surface area contributed by atoms with E-state index in [4.69, 9.17) is 0 Å². The number of rotatable bonds is 1. The quantitative estimate of drug-likeness (QED) is 0.622. The molecule has 0 atom stereocenters. The largest absolute Gasteiger partial charge is 0.298 e. The molecule has 2 rings (SSSR count). The van der Waals surface area contributed by atoms with Gasteiger partial charge in [-0.3, -0.25) is 9.78 Å². The van der Waals surface area contributed by atoms with Gasteiger partial charge in [0.1, 0.15) is 5.82 Å². The number of hydrogen-bond donors (Lipinski definition) is 0. The van der Waals surface area contributed by atoms with E-state index in [2.05, 4.69) is 4.98 Å². The van der Waals surface area contributed by atoms with Gasteiger partial charge in [0.15, 0.2) is 6.29 Å². The number of fused-ring (bicyclic) bond motifs is 1. The van der Waals surface area contributed by atoms with Crippen LogP contribution in [0.1, 0.15) is 10.4 Å². The average Bonchev–Trinajstić information content (AvgIpc) is 2.18. The fraction of sp³-hybridized carbons (Fsp3) is 0. The number of benzene rings is 1. The number of pyridine rings is 1. The Kier molecular flexibility index (Phi) is 1.77. The standard InChI is InChI=1S/C10H6FNO/c11-10-2-1-7-5-12-4-3-8(7)9(10)6-13/h1-6H. The molecular formula is C10H6FNO. The second-order valence-corrected chi connectivity index (χ2v) is 2.68. The lowest BCUT2D eigenvalue weighted by atomic mass is 10.1. The molecule has 0 aliphatic carbocycles. The normalized spacial score (nSPS) is 10.2. The minimum absolute atomic E-state index is 0.0971. The molecule has 64 valence electrons. The van der Waals surface area contributed by atoms with Gasteiger partial charge in [-0.2, -0.15) is 0 Å². The molecule has 1 heterocycles. The smallest absolute Gasteiger partial charge is 0.153 e. The van der Waals surface area contributed by atoms with Gasteiger partial charge in [0.2, 0.25) is 0 Å². The Morgan fingerprint density at radius 1 is 1.31 bits per heavy atom. The van der Waals surface area contributed by atoms with E-state index in [9.17, 15) is 9.18 Å². The summed E-state index contributed by atoms with van der Waals surface area (Å²) in [6.07, 6.45) is 3.66. The molecule has 0 unspecified atom stereocenters. The monoisotopic (exact) mass is 175 g/mol. The SMILES string of the molecule is O=Cc1c(F)ccc2cnccc12. The predicted molar refractivity (Wildman–Crippen MR) is 47.1 cm³/mol. The molecule has 0 amide bonds. The Bertz CT molecular complexity index is 467. The first kappa shape index (κ1) is 7.86. The van der Waals surface area contributed by atoms with Crippen molar-refractivity contribution in [2.45, 2.75) is 0 Å². The zero-order valence-corrected chi connectivity index (χ0v) is 6.70. The highest BCUT2D eigenvalue weighted by atomic mass is 19.1. The van der Waals surface area contributed by atoms with E-state index >= 15 is 0 Å². The Balaban J connectivity index is 2.91. The average molecular weight is 175 g/mol. The van der Waals surface area contributed by atoms with Crippen LogP contribution in [0.5, 0.6) is 0 Å². The summed E-state index contributed by atoms with van der Waals surface area (Å²) in [7, 11) is 0. The summed E-state index contributed by atoms with van der Waals surface area (Å²) in [6.45, 7) is 0. The van der Waals surface area contributed by atoms with Crippen molar-refractivity contribution in [1.82, 2.24) is 4.98 Å². The van der Waals surface area contributed by atoms with Crippen LogP contribution in [0, 0.1) is 5.82 Å². The molecule has 3 heteroatoms. The van der Waals surface area contributed by atoms with Gasteiger partial charge in [-0.15, -0.1) is 0 Å². The van der Waals surface area contributed by atoms with E-state index < -0.39 is 5.82 Å². The third-order valence-electron chi connectivity index (χ3n) is 1.93. The number of carbonyl (C=O) groups excluding carboxylic acids is 1. The Hall–Kier alpha value is -1.77. The fourth-order valence-corrected chi connectivity index (χ4v) is 1.29. The zero-order valence-electron chi connectivity index (χ0n) is 6.70. The van der Waals surface area contributed by atoms with Gasteiger partial charge in [0.05, 0.1) is 5.56 Å². The zero-order chi connectivity index (χ0) is 9.26. The molecule has 1 aromatic carbocycles. The topological polar surface area (TPSA) is 30.0 Å². The van der Waals surface area contributed by atoms with Crippen LogP contribution in [0.4, 0.5) is 4.39 Å². The van der Waals surface area contributed by atoms with Crippen LogP contribution < -0.4 is 0 Å². The van der Waals surface area contributed by atoms with E-state index in [1.54, 1.807) is 18.3 Å². The van der Waals surface area contributed by atoms with Crippen molar-refractivity contribution < 1.29 is 9.18 Å². The van der Waals surface area contributed by atoms with E-state index in [-0.39, 0.29) is 5.56 Å². The van der Waals surface area contributed by atoms with Crippen LogP contribution in [-0.4, -0.2) is 11.3 Å². The molecule has 0 N–H and O–H groups in total. The molecule has 0 aliphatic heterocycles. The Labute approximate surface area is 74.0 Å². The van der Waals surface area contributed by atoms with Gasteiger partial charge in [-0.1, -0.05) is 0 Å². The van der Waals surface area contributed by atoms with Crippen LogP contribution in [0.15, 0.2) is 30.6 Å². The summed E-state index contributed by atoms with van der Waals surface area (Å²) >= 11 is 0. The van der Waals surface area contributed by atoms with E-state index in [1.807, 2.05) is 0 Å². The van der Waals surface area contributed by atoms with Gasteiger partial charge >= 0.3 is 0 Å². The molecule has 13 heavy (non-hydrogen) atoms. The lowest BCUT2D eigenvalue weighted by molar-refractivity contribution is 0.112. The van der Waals surface area contributed by atoms with Crippen LogP contribution >= 0.6 is 0 Å². The van der Waals surface area contributed by atoms with Gasteiger partial charge in [-0.05, 0) is 23.6 Å². The number of halogens is 1. The third kappa shape index (κ3) is 1.18. The maximum absolute atomic E-state index is 13.1. The van der Waals surface area contributed by atoms with Crippen molar-refractivity contribution in [2.24, 2.45) is 0 Å².